The summed E-state index contributed by atoms with van der Waals surface area (Å²) in [5.41, 5.74) is -0.0822. The third-order valence-corrected chi connectivity index (χ3v) is 6.64. The van der Waals surface area contributed by atoms with Gasteiger partial charge in [-0.2, -0.15) is 4.31 Å². The predicted molar refractivity (Wildman–Crippen MR) is 97.7 cm³/mol. The lowest BCUT2D eigenvalue weighted by Crippen LogP contribution is -2.51. The molecule has 1 aliphatic rings. The van der Waals surface area contributed by atoms with Crippen LogP contribution in [0.3, 0.4) is 0 Å². The van der Waals surface area contributed by atoms with E-state index in [1.54, 1.807) is 18.2 Å². The SMILES string of the molecule is CN1C(C(=O)c2ccc3ccccc3c2)C(=O)c2cc(F)ccc2S1(=O)=O. The predicted octanol–water partition coefficient (Wildman–Crippen LogP) is 3.05. The molecule has 0 aliphatic carbocycles. The maximum Gasteiger partial charge on any atom is 0.244 e. The van der Waals surface area contributed by atoms with Crippen molar-refractivity contribution in [3.63, 3.8) is 0 Å². The molecule has 0 aromatic heterocycles. The Bertz CT molecular complexity index is 1220. The lowest BCUT2D eigenvalue weighted by Gasteiger charge is -2.31. The molecule has 0 N–H and O–H groups in total. The van der Waals surface area contributed by atoms with Crippen LogP contribution in [-0.4, -0.2) is 37.4 Å². The van der Waals surface area contributed by atoms with Crippen LogP contribution in [0.1, 0.15) is 20.7 Å². The average Bonchev–Trinajstić information content (AvgIpc) is 2.66. The third kappa shape index (κ3) is 2.67. The van der Waals surface area contributed by atoms with E-state index in [0.29, 0.717) is 0 Å². The zero-order chi connectivity index (χ0) is 19.3. The Kier molecular flexibility index (Phi) is 3.94. The van der Waals surface area contributed by atoms with Gasteiger partial charge in [0.05, 0.1) is 4.90 Å². The number of nitrogens with zero attached hydrogens (tertiary/aromatic N) is 1. The molecule has 3 aromatic rings. The number of fused-ring (bicyclic) bond motifs is 2. The molecular weight excluding hydrogens is 369 g/mol. The number of carbonyl (C=O) groups is 2. The van der Waals surface area contributed by atoms with Crippen molar-refractivity contribution in [3.8, 4) is 0 Å². The lowest BCUT2D eigenvalue weighted by atomic mass is 9.94. The highest BCUT2D eigenvalue weighted by atomic mass is 32.2. The molecule has 136 valence electrons. The molecule has 1 unspecified atom stereocenters. The summed E-state index contributed by atoms with van der Waals surface area (Å²) in [6.07, 6.45) is 0. The molecule has 1 aliphatic heterocycles. The number of Topliss-reactive ketones (excluding diaryl/α,β-unsaturated/α-hetero) is 2. The van der Waals surface area contributed by atoms with Crippen molar-refractivity contribution in [1.29, 1.82) is 0 Å². The fourth-order valence-electron chi connectivity index (χ4n) is 3.31. The van der Waals surface area contributed by atoms with Gasteiger partial charge in [-0.1, -0.05) is 36.4 Å². The first kappa shape index (κ1) is 17.5. The third-order valence-electron chi connectivity index (χ3n) is 4.76. The normalized spacial score (nSPS) is 19.0. The topological polar surface area (TPSA) is 71.5 Å². The fraction of sp³-hybridized carbons (Fsp3) is 0.100. The molecule has 0 bridgehead atoms. The number of benzene rings is 3. The standard InChI is InChI=1S/C20H14FNO4S/c1-22-18(19(23)14-7-6-12-4-2-3-5-13(12)10-14)20(24)16-11-15(21)8-9-17(16)27(22,25)26/h2-11,18H,1H3. The maximum atomic E-state index is 13.6. The van der Waals surface area contributed by atoms with Gasteiger partial charge in [-0.25, -0.2) is 12.8 Å². The molecule has 5 nitrogen and oxygen atoms in total. The van der Waals surface area contributed by atoms with Crippen molar-refractivity contribution < 1.29 is 22.4 Å². The molecule has 7 heteroatoms. The summed E-state index contributed by atoms with van der Waals surface area (Å²) in [6, 6.07) is 13.6. The van der Waals surface area contributed by atoms with Crippen LogP contribution in [0.2, 0.25) is 0 Å². The van der Waals surface area contributed by atoms with Crippen LogP contribution < -0.4 is 0 Å². The van der Waals surface area contributed by atoms with E-state index in [-0.39, 0.29) is 16.0 Å². The second-order valence-corrected chi connectivity index (χ2v) is 8.32. The summed E-state index contributed by atoms with van der Waals surface area (Å²) in [6.45, 7) is 0. The Labute approximate surface area is 155 Å². The van der Waals surface area contributed by atoms with E-state index in [1.165, 1.54) is 7.05 Å². The largest absolute Gasteiger partial charge is 0.292 e. The first-order valence-corrected chi connectivity index (χ1v) is 9.59. The van der Waals surface area contributed by atoms with E-state index < -0.39 is 33.4 Å². The van der Waals surface area contributed by atoms with Crippen LogP contribution in [0.5, 0.6) is 0 Å². The van der Waals surface area contributed by atoms with E-state index in [9.17, 15) is 22.4 Å². The van der Waals surface area contributed by atoms with Gasteiger partial charge in [0.2, 0.25) is 10.0 Å². The average molecular weight is 383 g/mol. The molecule has 1 atom stereocenters. The molecule has 0 saturated heterocycles. The van der Waals surface area contributed by atoms with E-state index in [0.717, 1.165) is 33.3 Å². The van der Waals surface area contributed by atoms with E-state index in [1.807, 2.05) is 24.3 Å². The van der Waals surface area contributed by atoms with Crippen LogP contribution in [-0.2, 0) is 10.0 Å². The van der Waals surface area contributed by atoms with Gasteiger partial charge >= 0.3 is 0 Å². The van der Waals surface area contributed by atoms with Crippen LogP contribution in [0.25, 0.3) is 10.8 Å². The fourth-order valence-corrected chi connectivity index (χ4v) is 4.77. The van der Waals surface area contributed by atoms with E-state index in [4.69, 9.17) is 0 Å². The van der Waals surface area contributed by atoms with Gasteiger partial charge in [0, 0.05) is 18.2 Å². The minimum atomic E-state index is -4.09. The van der Waals surface area contributed by atoms with Gasteiger partial charge in [0.1, 0.15) is 5.82 Å². The van der Waals surface area contributed by atoms with Crippen LogP contribution >= 0.6 is 0 Å². The van der Waals surface area contributed by atoms with Crippen molar-refractivity contribution in [3.05, 3.63) is 77.6 Å². The number of rotatable bonds is 2. The minimum absolute atomic E-state index is 0.217. The number of carbonyl (C=O) groups excluding carboxylic acids is 2. The highest BCUT2D eigenvalue weighted by Gasteiger charge is 2.45. The first-order valence-electron chi connectivity index (χ1n) is 8.15. The molecule has 0 fully saturated rings. The molecule has 4 rings (SSSR count). The van der Waals surface area contributed by atoms with Crippen LogP contribution in [0.4, 0.5) is 4.39 Å². The Morgan fingerprint density at radius 3 is 2.44 bits per heavy atom. The summed E-state index contributed by atoms with van der Waals surface area (Å²) >= 11 is 0. The Hall–Kier alpha value is -2.90. The summed E-state index contributed by atoms with van der Waals surface area (Å²) in [7, 11) is -2.91. The van der Waals surface area contributed by atoms with Gasteiger partial charge in [-0.15, -0.1) is 0 Å². The Morgan fingerprint density at radius 1 is 1.00 bits per heavy atom. The zero-order valence-corrected chi connectivity index (χ0v) is 15.0. The van der Waals surface area contributed by atoms with E-state index >= 15 is 0 Å². The van der Waals surface area contributed by atoms with Crippen molar-refractivity contribution in [1.82, 2.24) is 4.31 Å². The smallest absolute Gasteiger partial charge is 0.244 e. The van der Waals surface area contributed by atoms with Crippen molar-refractivity contribution in [2.24, 2.45) is 0 Å². The van der Waals surface area contributed by atoms with Crippen molar-refractivity contribution >= 4 is 32.4 Å². The number of halogens is 1. The van der Waals surface area contributed by atoms with Gasteiger partial charge in [-0.3, -0.25) is 9.59 Å². The quantitative estimate of drug-likeness (QED) is 0.504. The van der Waals surface area contributed by atoms with Crippen LogP contribution in [0, 0.1) is 5.82 Å². The Balaban J connectivity index is 1.84. The summed E-state index contributed by atoms with van der Waals surface area (Å²) in [5, 5.41) is 1.71. The Morgan fingerprint density at radius 2 is 1.70 bits per heavy atom. The van der Waals surface area contributed by atoms with Gasteiger partial charge < -0.3 is 0 Å². The highest BCUT2D eigenvalue weighted by molar-refractivity contribution is 7.89. The van der Waals surface area contributed by atoms with Gasteiger partial charge in [-0.05, 0) is 35.0 Å². The molecule has 27 heavy (non-hydrogen) atoms. The van der Waals surface area contributed by atoms with Gasteiger partial charge in [0.15, 0.2) is 17.6 Å². The highest BCUT2D eigenvalue weighted by Crippen LogP contribution is 2.31. The maximum absolute atomic E-state index is 13.6. The number of hydrogen-bond acceptors (Lipinski definition) is 4. The summed E-state index contributed by atoms with van der Waals surface area (Å²) < 4.78 is 39.8. The zero-order valence-electron chi connectivity index (χ0n) is 14.2. The summed E-state index contributed by atoms with van der Waals surface area (Å²) in [5.74, 6) is -2.12. The molecule has 0 radical (unpaired) electrons. The molecule has 3 aromatic carbocycles. The second kappa shape index (κ2) is 6.07. The minimum Gasteiger partial charge on any atom is -0.292 e. The molecule has 1 heterocycles. The number of ketones is 2. The van der Waals surface area contributed by atoms with Crippen molar-refractivity contribution in [2.75, 3.05) is 7.05 Å². The van der Waals surface area contributed by atoms with Crippen molar-refractivity contribution in [2.45, 2.75) is 10.9 Å². The second-order valence-electron chi connectivity index (χ2n) is 6.35. The summed E-state index contributed by atoms with van der Waals surface area (Å²) in [4.78, 5) is 25.6. The number of likely N-dealkylation sites (N-methyl/N-ethyl adjacent to an activating group) is 1. The lowest BCUT2D eigenvalue weighted by molar-refractivity contribution is 0.0784. The molecule has 0 spiro atoms. The van der Waals surface area contributed by atoms with Gasteiger partial charge in [0.25, 0.3) is 0 Å². The van der Waals surface area contributed by atoms with E-state index in [2.05, 4.69) is 0 Å². The number of hydrogen-bond donors (Lipinski definition) is 0. The molecule has 0 amide bonds. The first-order chi connectivity index (χ1) is 12.8. The molecular formula is C20H14FNO4S. The monoisotopic (exact) mass is 383 g/mol. The number of sulfonamides is 1. The van der Waals surface area contributed by atoms with Crippen LogP contribution in [0.15, 0.2) is 65.6 Å². The molecule has 0 saturated carbocycles.